The molecule has 0 bridgehead atoms. The zero-order valence-corrected chi connectivity index (χ0v) is 11.2. The maximum atomic E-state index is 12.1. The van der Waals surface area contributed by atoms with Crippen LogP contribution in [0.3, 0.4) is 0 Å². The molecule has 5 heteroatoms. The fourth-order valence-electron chi connectivity index (χ4n) is 2.44. The molecule has 0 radical (unpaired) electrons. The number of carbonyl (C=O) groups excluding carboxylic acids is 1. The number of aromatic nitrogens is 1. The SMILES string of the molecule is O=C(NNCc1ccccc1)c1noc2c1CCCC2. The summed E-state index contributed by atoms with van der Waals surface area (Å²) in [7, 11) is 0. The van der Waals surface area contributed by atoms with Crippen LogP contribution in [0.15, 0.2) is 34.9 Å². The van der Waals surface area contributed by atoms with Gasteiger partial charge in [-0.3, -0.25) is 10.2 Å². The summed E-state index contributed by atoms with van der Waals surface area (Å²) < 4.78 is 5.23. The number of hydrazine groups is 1. The van der Waals surface area contributed by atoms with Crippen molar-refractivity contribution >= 4 is 5.91 Å². The van der Waals surface area contributed by atoms with Gasteiger partial charge in [0.1, 0.15) is 5.76 Å². The van der Waals surface area contributed by atoms with Crippen LogP contribution >= 0.6 is 0 Å². The predicted molar refractivity (Wildman–Crippen MR) is 73.9 cm³/mol. The highest BCUT2D eigenvalue weighted by Crippen LogP contribution is 2.23. The number of rotatable bonds is 4. The van der Waals surface area contributed by atoms with Gasteiger partial charge >= 0.3 is 0 Å². The Bertz CT molecular complexity index is 592. The third kappa shape index (κ3) is 2.72. The maximum Gasteiger partial charge on any atom is 0.287 e. The Kier molecular flexibility index (Phi) is 3.78. The number of nitrogens with one attached hydrogen (secondary N) is 2. The summed E-state index contributed by atoms with van der Waals surface area (Å²) in [5, 5.41) is 3.90. The van der Waals surface area contributed by atoms with E-state index in [0.717, 1.165) is 42.6 Å². The molecule has 1 aliphatic carbocycles. The van der Waals surface area contributed by atoms with E-state index < -0.39 is 0 Å². The first-order valence-electron chi connectivity index (χ1n) is 6.89. The second-order valence-corrected chi connectivity index (χ2v) is 4.93. The van der Waals surface area contributed by atoms with Crippen LogP contribution in [-0.4, -0.2) is 11.1 Å². The summed E-state index contributed by atoms with van der Waals surface area (Å²) in [6.45, 7) is 0.576. The van der Waals surface area contributed by atoms with Gasteiger partial charge in [-0.2, -0.15) is 0 Å². The number of hydrogen-bond donors (Lipinski definition) is 2. The molecule has 0 saturated heterocycles. The van der Waals surface area contributed by atoms with Gasteiger partial charge in [0, 0.05) is 18.5 Å². The van der Waals surface area contributed by atoms with Crippen LogP contribution in [0, 0.1) is 0 Å². The third-order valence-electron chi connectivity index (χ3n) is 3.50. The number of hydrogen-bond acceptors (Lipinski definition) is 4. The van der Waals surface area contributed by atoms with Gasteiger partial charge in [0.25, 0.3) is 5.91 Å². The van der Waals surface area contributed by atoms with Crippen LogP contribution in [-0.2, 0) is 19.4 Å². The number of nitrogens with zero attached hydrogens (tertiary/aromatic N) is 1. The van der Waals surface area contributed by atoms with E-state index in [2.05, 4.69) is 16.0 Å². The number of benzene rings is 1. The molecule has 0 atom stereocenters. The first-order chi connectivity index (χ1) is 9.84. The van der Waals surface area contributed by atoms with Crippen molar-refractivity contribution in [3.8, 4) is 0 Å². The van der Waals surface area contributed by atoms with Crippen molar-refractivity contribution in [3.63, 3.8) is 0 Å². The summed E-state index contributed by atoms with van der Waals surface area (Å²) in [5.74, 6) is 0.636. The average molecular weight is 271 g/mol. The topological polar surface area (TPSA) is 67.2 Å². The lowest BCUT2D eigenvalue weighted by Gasteiger charge is -2.10. The molecule has 3 rings (SSSR count). The van der Waals surface area contributed by atoms with Crippen molar-refractivity contribution < 1.29 is 9.32 Å². The monoisotopic (exact) mass is 271 g/mol. The first kappa shape index (κ1) is 12.9. The molecule has 0 saturated carbocycles. The molecule has 104 valence electrons. The molecule has 1 amide bonds. The van der Waals surface area contributed by atoms with E-state index >= 15 is 0 Å². The van der Waals surface area contributed by atoms with E-state index in [1.54, 1.807) is 0 Å². The molecule has 20 heavy (non-hydrogen) atoms. The highest BCUT2D eigenvalue weighted by molar-refractivity contribution is 5.93. The van der Waals surface area contributed by atoms with Gasteiger partial charge in [0.05, 0.1) is 0 Å². The van der Waals surface area contributed by atoms with Crippen molar-refractivity contribution in [1.82, 2.24) is 16.0 Å². The smallest absolute Gasteiger partial charge is 0.287 e. The minimum absolute atomic E-state index is 0.229. The van der Waals surface area contributed by atoms with Gasteiger partial charge in [-0.05, 0) is 24.8 Å². The molecule has 1 heterocycles. The Morgan fingerprint density at radius 3 is 2.85 bits per heavy atom. The molecule has 2 N–H and O–H groups in total. The summed E-state index contributed by atoms with van der Waals surface area (Å²) in [6.07, 6.45) is 3.95. The van der Waals surface area contributed by atoms with Crippen LogP contribution in [0.1, 0.15) is 40.2 Å². The van der Waals surface area contributed by atoms with Crippen molar-refractivity contribution in [2.75, 3.05) is 0 Å². The Labute approximate surface area is 117 Å². The molecule has 1 aliphatic rings. The quantitative estimate of drug-likeness (QED) is 0.834. The molecule has 0 aliphatic heterocycles. The Morgan fingerprint density at radius 1 is 1.20 bits per heavy atom. The normalized spacial score (nSPS) is 13.8. The highest BCUT2D eigenvalue weighted by atomic mass is 16.5. The van der Waals surface area contributed by atoms with Gasteiger partial charge in [-0.25, -0.2) is 5.43 Å². The maximum absolute atomic E-state index is 12.1. The average Bonchev–Trinajstić information content (AvgIpc) is 2.92. The lowest BCUT2D eigenvalue weighted by atomic mass is 9.96. The molecular formula is C15H17N3O2. The number of fused-ring (bicyclic) bond motifs is 1. The van der Waals surface area contributed by atoms with E-state index in [4.69, 9.17) is 4.52 Å². The standard InChI is InChI=1S/C15H17N3O2/c19-15(17-16-10-11-6-2-1-3-7-11)14-12-8-4-5-9-13(12)20-18-14/h1-3,6-7,16H,4-5,8-10H2,(H,17,19). The van der Waals surface area contributed by atoms with Gasteiger partial charge in [-0.1, -0.05) is 35.5 Å². The fourth-order valence-corrected chi connectivity index (χ4v) is 2.44. The highest BCUT2D eigenvalue weighted by Gasteiger charge is 2.23. The largest absolute Gasteiger partial charge is 0.360 e. The second kappa shape index (κ2) is 5.88. The molecule has 1 aromatic carbocycles. The van der Waals surface area contributed by atoms with Crippen LogP contribution in [0.2, 0.25) is 0 Å². The molecule has 2 aromatic rings. The number of aryl methyl sites for hydroxylation is 1. The molecule has 0 fully saturated rings. The van der Waals surface area contributed by atoms with E-state index in [0.29, 0.717) is 12.2 Å². The van der Waals surface area contributed by atoms with Crippen molar-refractivity contribution in [1.29, 1.82) is 0 Å². The zero-order chi connectivity index (χ0) is 13.8. The van der Waals surface area contributed by atoms with Crippen LogP contribution in [0.4, 0.5) is 0 Å². The Balaban J connectivity index is 1.58. The molecule has 0 unspecified atom stereocenters. The van der Waals surface area contributed by atoms with E-state index in [1.807, 2.05) is 30.3 Å². The van der Waals surface area contributed by atoms with Crippen molar-refractivity contribution in [2.45, 2.75) is 32.2 Å². The third-order valence-corrected chi connectivity index (χ3v) is 3.50. The lowest BCUT2D eigenvalue weighted by molar-refractivity contribution is 0.0922. The zero-order valence-electron chi connectivity index (χ0n) is 11.2. The minimum atomic E-state index is -0.229. The van der Waals surface area contributed by atoms with Gasteiger partial charge < -0.3 is 4.52 Å². The van der Waals surface area contributed by atoms with E-state index in [9.17, 15) is 4.79 Å². The molecule has 1 aromatic heterocycles. The van der Waals surface area contributed by atoms with Crippen LogP contribution in [0.25, 0.3) is 0 Å². The summed E-state index contributed by atoms with van der Waals surface area (Å²) in [6, 6.07) is 9.89. The Morgan fingerprint density at radius 2 is 2.00 bits per heavy atom. The lowest BCUT2D eigenvalue weighted by Crippen LogP contribution is -2.37. The van der Waals surface area contributed by atoms with Crippen molar-refractivity contribution in [3.05, 3.63) is 52.9 Å². The molecule has 0 spiro atoms. The first-order valence-corrected chi connectivity index (χ1v) is 6.89. The molecular weight excluding hydrogens is 254 g/mol. The van der Waals surface area contributed by atoms with Crippen LogP contribution in [0.5, 0.6) is 0 Å². The van der Waals surface area contributed by atoms with Crippen molar-refractivity contribution in [2.24, 2.45) is 0 Å². The molecule has 5 nitrogen and oxygen atoms in total. The van der Waals surface area contributed by atoms with E-state index in [-0.39, 0.29) is 5.91 Å². The van der Waals surface area contributed by atoms with Gasteiger partial charge in [0.2, 0.25) is 0 Å². The number of carbonyl (C=O) groups is 1. The van der Waals surface area contributed by atoms with Crippen LogP contribution < -0.4 is 10.9 Å². The van der Waals surface area contributed by atoms with Gasteiger partial charge in [0.15, 0.2) is 5.69 Å². The van der Waals surface area contributed by atoms with Gasteiger partial charge in [-0.15, -0.1) is 0 Å². The Hall–Kier alpha value is -2.14. The predicted octanol–water partition coefficient (Wildman–Crippen LogP) is 1.99. The number of amides is 1. The minimum Gasteiger partial charge on any atom is -0.360 e. The van der Waals surface area contributed by atoms with E-state index in [1.165, 1.54) is 0 Å². The fraction of sp³-hybridized carbons (Fsp3) is 0.333. The summed E-state index contributed by atoms with van der Waals surface area (Å²) in [5.41, 5.74) is 8.08. The summed E-state index contributed by atoms with van der Waals surface area (Å²) >= 11 is 0. The summed E-state index contributed by atoms with van der Waals surface area (Å²) in [4.78, 5) is 12.1. The second-order valence-electron chi connectivity index (χ2n) is 4.93.